The zero-order valence-electron chi connectivity index (χ0n) is 17.7. The molecule has 0 saturated carbocycles. The van der Waals surface area contributed by atoms with Gasteiger partial charge in [-0.3, -0.25) is 9.78 Å². The van der Waals surface area contributed by atoms with Crippen LogP contribution in [0.3, 0.4) is 0 Å². The second kappa shape index (κ2) is 7.57. The van der Waals surface area contributed by atoms with Crippen molar-refractivity contribution < 1.29 is 4.79 Å². The number of rotatable bonds is 3. The van der Waals surface area contributed by atoms with Gasteiger partial charge in [-0.15, -0.1) is 11.3 Å². The van der Waals surface area contributed by atoms with E-state index in [1.165, 1.54) is 4.88 Å². The first-order chi connectivity index (χ1) is 15.7. The lowest BCUT2D eigenvalue weighted by Gasteiger charge is -2.35. The van der Waals surface area contributed by atoms with E-state index in [0.29, 0.717) is 6.42 Å². The highest BCUT2D eigenvalue weighted by molar-refractivity contribution is 7.10. The van der Waals surface area contributed by atoms with Crippen molar-refractivity contribution in [2.24, 2.45) is 0 Å². The van der Waals surface area contributed by atoms with E-state index in [2.05, 4.69) is 39.9 Å². The topological polar surface area (TPSA) is 59.8 Å². The molecule has 2 atom stereocenters. The van der Waals surface area contributed by atoms with Gasteiger partial charge in [0.2, 0.25) is 0 Å². The summed E-state index contributed by atoms with van der Waals surface area (Å²) in [5.41, 5.74) is 5.98. The molecule has 0 saturated heterocycles. The number of aryl methyl sites for hydroxylation is 1. The number of nitrogens with zero attached hydrogens (tertiary/aromatic N) is 3. The minimum atomic E-state index is -0.140. The van der Waals surface area contributed by atoms with Crippen LogP contribution in [-0.4, -0.2) is 20.5 Å². The summed E-state index contributed by atoms with van der Waals surface area (Å²) in [6.45, 7) is 2.03. The first-order valence-electron chi connectivity index (χ1n) is 10.8. The zero-order valence-corrected chi connectivity index (χ0v) is 18.5. The fourth-order valence-corrected chi connectivity index (χ4v) is 5.88. The Hall–Kier alpha value is -3.51. The first kappa shape index (κ1) is 19.2. The van der Waals surface area contributed by atoms with Crippen molar-refractivity contribution in [3.8, 4) is 5.69 Å². The molecular weight excluding hydrogens is 416 g/mol. The summed E-state index contributed by atoms with van der Waals surface area (Å²) in [4.78, 5) is 19.1. The van der Waals surface area contributed by atoms with Crippen LogP contribution in [0.2, 0.25) is 0 Å². The van der Waals surface area contributed by atoms with Crippen LogP contribution in [-0.2, 0) is 4.79 Å². The molecule has 2 aliphatic rings. The van der Waals surface area contributed by atoms with E-state index < -0.39 is 0 Å². The number of hydrogen-bond donors (Lipinski definition) is 1. The lowest BCUT2D eigenvalue weighted by atomic mass is 9.73. The van der Waals surface area contributed by atoms with Crippen molar-refractivity contribution >= 4 is 22.9 Å². The SMILES string of the molecule is Cc1nn(-c2ccccc2)c2c1[C@@H](c1ccncc1)C1=C(C[C@@H](c3cccs3)CC1=O)N2. The summed E-state index contributed by atoms with van der Waals surface area (Å²) < 4.78 is 1.97. The molecule has 32 heavy (non-hydrogen) atoms. The Balaban J connectivity index is 1.54. The van der Waals surface area contributed by atoms with Gasteiger partial charge in [0.25, 0.3) is 0 Å². The van der Waals surface area contributed by atoms with E-state index in [0.717, 1.165) is 46.0 Å². The summed E-state index contributed by atoms with van der Waals surface area (Å²) in [5, 5.41) is 10.6. The molecule has 1 N–H and O–H groups in total. The number of thiophene rings is 1. The smallest absolute Gasteiger partial charge is 0.162 e. The molecule has 158 valence electrons. The average molecular weight is 439 g/mol. The van der Waals surface area contributed by atoms with Gasteiger partial charge < -0.3 is 5.32 Å². The minimum absolute atomic E-state index is 0.140. The lowest BCUT2D eigenvalue weighted by molar-refractivity contribution is -0.116. The summed E-state index contributed by atoms with van der Waals surface area (Å²) in [6, 6.07) is 18.4. The number of allylic oxidation sites excluding steroid dienone is 2. The van der Waals surface area contributed by atoms with Gasteiger partial charge in [-0.1, -0.05) is 24.3 Å². The van der Waals surface area contributed by atoms with Crippen LogP contribution >= 0.6 is 11.3 Å². The third-order valence-electron chi connectivity index (χ3n) is 6.45. The fourth-order valence-electron chi connectivity index (χ4n) is 5.05. The Kier molecular flexibility index (Phi) is 4.54. The summed E-state index contributed by atoms with van der Waals surface area (Å²) >= 11 is 1.73. The van der Waals surface area contributed by atoms with Gasteiger partial charge in [0, 0.05) is 52.4 Å². The van der Waals surface area contributed by atoms with E-state index in [9.17, 15) is 4.79 Å². The van der Waals surface area contributed by atoms with Crippen molar-refractivity contribution in [1.82, 2.24) is 14.8 Å². The largest absolute Gasteiger partial charge is 0.343 e. The Bertz CT molecular complexity index is 1320. The number of hydrogen-bond acceptors (Lipinski definition) is 5. The maximum absolute atomic E-state index is 13.6. The van der Waals surface area contributed by atoms with E-state index in [1.807, 2.05) is 41.9 Å². The first-order valence-corrected chi connectivity index (χ1v) is 11.7. The van der Waals surface area contributed by atoms with Crippen LogP contribution in [0.4, 0.5) is 5.82 Å². The van der Waals surface area contributed by atoms with Gasteiger partial charge >= 0.3 is 0 Å². The normalized spacial score (nSPS) is 20.0. The predicted molar refractivity (Wildman–Crippen MR) is 126 cm³/mol. The van der Waals surface area contributed by atoms with Crippen molar-refractivity contribution in [3.05, 3.63) is 105 Å². The number of nitrogens with one attached hydrogen (secondary N) is 1. The number of benzene rings is 1. The molecule has 4 heterocycles. The monoisotopic (exact) mass is 438 g/mol. The molecule has 0 bridgehead atoms. The van der Waals surface area contributed by atoms with Crippen molar-refractivity contribution in [2.45, 2.75) is 31.6 Å². The predicted octanol–water partition coefficient (Wildman–Crippen LogP) is 5.60. The van der Waals surface area contributed by atoms with Gasteiger partial charge in [-0.2, -0.15) is 5.10 Å². The maximum atomic E-state index is 13.6. The quantitative estimate of drug-likeness (QED) is 0.453. The molecule has 5 nitrogen and oxygen atoms in total. The number of para-hydroxylation sites is 1. The standard InChI is InChI=1S/C26H22N4OS/c1-16-23-24(17-9-11-27-12-10-17)25-20(14-18(15-21(25)31)22-8-5-13-32-22)28-26(23)30(29-16)19-6-3-2-4-7-19/h2-13,18,24,28H,14-15H2,1H3/t18-,24-/m1/s1. The molecule has 0 radical (unpaired) electrons. The van der Waals surface area contributed by atoms with Gasteiger partial charge in [-0.05, 0) is 54.6 Å². The highest BCUT2D eigenvalue weighted by Crippen LogP contribution is 2.49. The van der Waals surface area contributed by atoms with Gasteiger partial charge in [0.1, 0.15) is 5.82 Å². The number of pyridine rings is 1. The minimum Gasteiger partial charge on any atom is -0.343 e. The second-order valence-corrected chi connectivity index (χ2v) is 9.35. The third-order valence-corrected chi connectivity index (χ3v) is 7.48. The molecule has 6 heteroatoms. The molecule has 1 aliphatic heterocycles. The highest BCUT2D eigenvalue weighted by Gasteiger charge is 2.41. The van der Waals surface area contributed by atoms with E-state index in [-0.39, 0.29) is 17.6 Å². The maximum Gasteiger partial charge on any atom is 0.162 e. The molecule has 6 rings (SSSR count). The molecule has 0 amide bonds. The molecular formula is C26H22N4OS. The van der Waals surface area contributed by atoms with E-state index in [1.54, 1.807) is 23.7 Å². The number of carbonyl (C=O) groups excluding carboxylic acids is 1. The highest BCUT2D eigenvalue weighted by atomic mass is 32.1. The third kappa shape index (κ3) is 3.02. The summed E-state index contributed by atoms with van der Waals surface area (Å²) in [7, 11) is 0. The van der Waals surface area contributed by atoms with Crippen molar-refractivity contribution in [3.63, 3.8) is 0 Å². The van der Waals surface area contributed by atoms with Crippen LogP contribution < -0.4 is 5.32 Å². The summed E-state index contributed by atoms with van der Waals surface area (Å²) in [6.07, 6.45) is 4.97. The van der Waals surface area contributed by atoms with E-state index >= 15 is 0 Å². The average Bonchev–Trinajstić information content (AvgIpc) is 3.48. The molecule has 0 unspecified atom stereocenters. The zero-order chi connectivity index (χ0) is 21.7. The van der Waals surface area contributed by atoms with Crippen LogP contribution in [0.5, 0.6) is 0 Å². The number of Topliss-reactive ketones (excluding diaryl/α,β-unsaturated/α-hetero) is 1. The Morgan fingerprint density at radius 1 is 1.03 bits per heavy atom. The van der Waals surface area contributed by atoms with Crippen molar-refractivity contribution in [1.29, 1.82) is 0 Å². The fraction of sp³-hybridized carbons (Fsp3) is 0.192. The van der Waals surface area contributed by atoms with Gasteiger partial charge in [0.15, 0.2) is 5.78 Å². The van der Waals surface area contributed by atoms with Crippen LogP contribution in [0.25, 0.3) is 5.69 Å². The van der Waals surface area contributed by atoms with Crippen LogP contribution in [0, 0.1) is 6.92 Å². The Labute approximate surface area is 190 Å². The molecule has 4 aromatic rings. The molecule has 1 aromatic carbocycles. The Morgan fingerprint density at radius 2 is 1.84 bits per heavy atom. The molecule has 3 aromatic heterocycles. The van der Waals surface area contributed by atoms with Crippen LogP contribution in [0.1, 0.15) is 46.4 Å². The lowest BCUT2D eigenvalue weighted by Crippen LogP contribution is -2.30. The number of carbonyl (C=O) groups is 1. The van der Waals surface area contributed by atoms with Crippen LogP contribution in [0.15, 0.2) is 83.6 Å². The number of ketones is 1. The molecule has 1 aliphatic carbocycles. The molecule has 0 spiro atoms. The summed E-state index contributed by atoms with van der Waals surface area (Å²) in [5.74, 6) is 1.24. The van der Waals surface area contributed by atoms with Gasteiger partial charge in [-0.25, -0.2) is 4.68 Å². The Morgan fingerprint density at radius 3 is 2.59 bits per heavy atom. The number of anilines is 1. The number of fused-ring (bicyclic) bond motifs is 1. The number of aromatic nitrogens is 3. The second-order valence-electron chi connectivity index (χ2n) is 8.37. The van der Waals surface area contributed by atoms with Crippen molar-refractivity contribution in [2.75, 3.05) is 5.32 Å². The van der Waals surface area contributed by atoms with Gasteiger partial charge in [0.05, 0.1) is 11.4 Å². The molecule has 0 fully saturated rings. The van der Waals surface area contributed by atoms with E-state index in [4.69, 9.17) is 5.10 Å².